The number of hydrogen-bond donors (Lipinski definition) is 1. The van der Waals surface area contributed by atoms with Crippen molar-refractivity contribution in [2.45, 2.75) is 6.17 Å². The van der Waals surface area contributed by atoms with Crippen LogP contribution in [-0.4, -0.2) is 11.7 Å². The zero-order valence-corrected chi connectivity index (χ0v) is 32.2. The molecular weight excluding hydrogens is 735 g/mol. The molecule has 0 amide bonds. The monoisotopic (exact) mass is 767 g/mol. The third-order valence-corrected chi connectivity index (χ3v) is 12.3. The fraction of sp³-hybridized carbons (Fsp3) is 0.0182. The van der Waals surface area contributed by atoms with Gasteiger partial charge in [-0.25, -0.2) is 9.98 Å². The average molecular weight is 768 g/mol. The summed E-state index contributed by atoms with van der Waals surface area (Å²) < 4.78 is 13.4. The maximum Gasteiger partial charge on any atom is 0.160 e. The number of aliphatic imine (C=N–C) groups is 2. The summed E-state index contributed by atoms with van der Waals surface area (Å²) in [5.41, 5.74) is 8.24. The maximum absolute atomic E-state index is 6.84. The minimum absolute atomic E-state index is 0.489. The number of hydrogen-bond acceptors (Lipinski definition) is 5. The van der Waals surface area contributed by atoms with E-state index in [9.17, 15) is 0 Å². The molecule has 1 N–H and O–H groups in total. The molecule has 0 spiro atoms. The third-order valence-electron chi connectivity index (χ3n) is 12.3. The lowest BCUT2D eigenvalue weighted by Crippen LogP contribution is -2.33. The van der Waals surface area contributed by atoms with Crippen LogP contribution >= 0.6 is 0 Å². The molecule has 0 bridgehead atoms. The van der Waals surface area contributed by atoms with Crippen LogP contribution in [0.2, 0.25) is 0 Å². The fourth-order valence-corrected chi connectivity index (χ4v) is 9.44. The first-order valence-electron chi connectivity index (χ1n) is 20.3. The van der Waals surface area contributed by atoms with E-state index in [1.165, 1.54) is 43.1 Å². The minimum atomic E-state index is -0.489. The molecule has 1 atom stereocenters. The Morgan fingerprint density at radius 3 is 1.73 bits per heavy atom. The van der Waals surface area contributed by atoms with Crippen LogP contribution in [-0.2, 0) is 0 Å². The quantitative estimate of drug-likeness (QED) is 0.181. The molecule has 2 aromatic heterocycles. The number of benzene rings is 10. The summed E-state index contributed by atoms with van der Waals surface area (Å²) in [6.45, 7) is 0. The summed E-state index contributed by atoms with van der Waals surface area (Å²) in [6.07, 6.45) is -0.489. The highest BCUT2D eigenvalue weighted by molar-refractivity contribution is 6.24. The molecule has 60 heavy (non-hydrogen) atoms. The van der Waals surface area contributed by atoms with E-state index in [0.717, 1.165) is 77.5 Å². The van der Waals surface area contributed by atoms with Crippen molar-refractivity contribution in [2.24, 2.45) is 9.98 Å². The second kappa shape index (κ2) is 12.7. The van der Waals surface area contributed by atoms with Gasteiger partial charge in [0.15, 0.2) is 12.0 Å². The van der Waals surface area contributed by atoms with Crippen LogP contribution in [0, 0.1) is 0 Å². The lowest BCUT2D eigenvalue weighted by Gasteiger charge is -2.24. The molecule has 1 aliphatic rings. The summed E-state index contributed by atoms with van der Waals surface area (Å²) >= 11 is 0. The van der Waals surface area contributed by atoms with Gasteiger partial charge in [0.25, 0.3) is 0 Å². The largest absolute Gasteiger partial charge is 0.456 e. The van der Waals surface area contributed by atoms with Crippen LogP contribution in [0.25, 0.3) is 98.1 Å². The van der Waals surface area contributed by atoms with Crippen molar-refractivity contribution in [2.75, 3.05) is 0 Å². The van der Waals surface area contributed by atoms with Gasteiger partial charge in [0.1, 0.15) is 28.2 Å². The Hall–Kier alpha value is -8.02. The molecule has 10 aromatic carbocycles. The molecule has 5 heteroatoms. The average Bonchev–Trinajstić information content (AvgIpc) is 3.90. The van der Waals surface area contributed by atoms with Gasteiger partial charge in [-0.3, -0.25) is 0 Å². The number of amidine groups is 2. The van der Waals surface area contributed by atoms with E-state index in [-0.39, 0.29) is 0 Å². The lowest BCUT2D eigenvalue weighted by atomic mass is 9.96. The van der Waals surface area contributed by atoms with E-state index < -0.39 is 6.17 Å². The third kappa shape index (κ3) is 4.99. The Kier molecular flexibility index (Phi) is 7.01. The molecule has 0 aliphatic carbocycles. The van der Waals surface area contributed by atoms with Crippen molar-refractivity contribution in [1.29, 1.82) is 0 Å². The van der Waals surface area contributed by atoms with Gasteiger partial charge in [-0.1, -0.05) is 164 Å². The highest BCUT2D eigenvalue weighted by Crippen LogP contribution is 2.41. The molecule has 12 aromatic rings. The fourth-order valence-electron chi connectivity index (χ4n) is 9.44. The molecule has 1 unspecified atom stereocenters. The normalized spacial score (nSPS) is 14.5. The van der Waals surface area contributed by atoms with Gasteiger partial charge in [-0.15, -0.1) is 0 Å². The van der Waals surface area contributed by atoms with Crippen molar-refractivity contribution >= 4 is 98.6 Å². The molecule has 0 radical (unpaired) electrons. The van der Waals surface area contributed by atoms with E-state index in [4.69, 9.17) is 18.8 Å². The van der Waals surface area contributed by atoms with Gasteiger partial charge in [-0.05, 0) is 72.9 Å². The van der Waals surface area contributed by atoms with Crippen LogP contribution in [0.4, 0.5) is 0 Å². The van der Waals surface area contributed by atoms with E-state index >= 15 is 0 Å². The zero-order chi connectivity index (χ0) is 39.3. The smallest absolute Gasteiger partial charge is 0.160 e. The van der Waals surface area contributed by atoms with E-state index in [1.54, 1.807) is 0 Å². The van der Waals surface area contributed by atoms with Gasteiger partial charge in [-0.2, -0.15) is 0 Å². The molecule has 3 heterocycles. The number of rotatable bonds is 4. The van der Waals surface area contributed by atoms with E-state index in [1.807, 2.05) is 24.3 Å². The predicted molar refractivity (Wildman–Crippen MR) is 248 cm³/mol. The lowest BCUT2D eigenvalue weighted by molar-refractivity contribution is 0.628. The summed E-state index contributed by atoms with van der Waals surface area (Å²) in [6, 6.07) is 66.3. The van der Waals surface area contributed by atoms with Crippen molar-refractivity contribution in [1.82, 2.24) is 5.32 Å². The Morgan fingerprint density at radius 2 is 0.950 bits per heavy atom. The standard InChI is InChI=1S/C55H33N3O2/c1-3-12-38-32(10-1)22-24-34-26-28-36(30-46(34)38)40-15-7-17-43-50-44(18-9-21-49(50)60-51(40)43)54-56-53(37-29-27-35-25-23-33-11-2-4-13-39(33)47(35)31-37)57-55(58-54)45-19-8-16-42-41-14-5-6-20-48(41)59-52(42)45/h1-31,55H,(H,56,57,58). The maximum atomic E-state index is 6.84. The molecule has 1 aliphatic heterocycles. The molecule has 13 rings (SSSR count). The second-order valence-electron chi connectivity index (χ2n) is 15.7. The van der Waals surface area contributed by atoms with Crippen LogP contribution in [0.5, 0.6) is 0 Å². The first-order valence-corrected chi connectivity index (χ1v) is 20.3. The Balaban J connectivity index is 1.02. The van der Waals surface area contributed by atoms with Gasteiger partial charge >= 0.3 is 0 Å². The number of fused-ring (bicyclic) bond motifs is 12. The summed E-state index contributed by atoms with van der Waals surface area (Å²) in [5, 5.41) is 17.5. The second-order valence-corrected chi connectivity index (χ2v) is 15.7. The van der Waals surface area contributed by atoms with Crippen molar-refractivity contribution in [3.8, 4) is 11.1 Å². The minimum Gasteiger partial charge on any atom is -0.456 e. The zero-order valence-electron chi connectivity index (χ0n) is 32.2. The van der Waals surface area contributed by atoms with Gasteiger partial charge in [0.2, 0.25) is 0 Å². The van der Waals surface area contributed by atoms with Crippen molar-refractivity contribution in [3.63, 3.8) is 0 Å². The SMILES string of the molecule is c1ccc2c(c1)ccc1ccc(C3=NC(c4cccc5oc6c(-c7ccc8ccc9ccccc9c8c7)cccc6c45)=NC(c4cccc5c4oc4ccccc45)N3)cc12. The van der Waals surface area contributed by atoms with E-state index in [0.29, 0.717) is 5.84 Å². The van der Waals surface area contributed by atoms with Crippen LogP contribution in [0.1, 0.15) is 22.9 Å². The summed E-state index contributed by atoms with van der Waals surface area (Å²) in [4.78, 5) is 10.8. The molecular formula is C55H33N3O2. The summed E-state index contributed by atoms with van der Waals surface area (Å²) in [7, 11) is 0. The Morgan fingerprint density at radius 1 is 0.400 bits per heavy atom. The highest BCUT2D eigenvalue weighted by Gasteiger charge is 2.27. The van der Waals surface area contributed by atoms with Crippen molar-refractivity contribution in [3.05, 3.63) is 205 Å². The molecule has 0 saturated carbocycles. The van der Waals surface area contributed by atoms with Crippen LogP contribution in [0.3, 0.4) is 0 Å². The molecule has 0 fully saturated rings. The van der Waals surface area contributed by atoms with Crippen molar-refractivity contribution < 1.29 is 8.83 Å². The van der Waals surface area contributed by atoms with E-state index in [2.05, 4.69) is 169 Å². The first-order chi connectivity index (χ1) is 29.7. The predicted octanol–water partition coefficient (Wildman–Crippen LogP) is 14.3. The molecule has 280 valence electrons. The van der Waals surface area contributed by atoms with Crippen LogP contribution in [0.15, 0.2) is 207 Å². The topological polar surface area (TPSA) is 63.0 Å². The number of nitrogens with one attached hydrogen (secondary N) is 1. The molecule has 0 saturated heterocycles. The molecule has 5 nitrogen and oxygen atoms in total. The number of furan rings is 2. The number of nitrogens with zero attached hydrogens (tertiary/aromatic N) is 2. The first kappa shape index (κ1) is 33.0. The summed E-state index contributed by atoms with van der Waals surface area (Å²) in [5.74, 6) is 1.36. The van der Waals surface area contributed by atoms with Gasteiger partial charge in [0, 0.05) is 43.8 Å². The number of para-hydroxylation sites is 3. The Bertz CT molecular complexity index is 3830. The Labute approximate surface area is 343 Å². The van der Waals surface area contributed by atoms with Gasteiger partial charge < -0.3 is 14.2 Å². The highest BCUT2D eigenvalue weighted by atomic mass is 16.3. The van der Waals surface area contributed by atoms with Gasteiger partial charge in [0.05, 0.1) is 0 Å². The van der Waals surface area contributed by atoms with Crippen LogP contribution < -0.4 is 5.32 Å².